The Labute approximate surface area is 68.6 Å². The second-order valence-electron chi connectivity index (χ2n) is 2.89. The van der Waals surface area contributed by atoms with E-state index < -0.39 is 6.10 Å². The van der Waals surface area contributed by atoms with Gasteiger partial charge in [0.25, 0.3) is 0 Å². The highest BCUT2D eigenvalue weighted by molar-refractivity contribution is 5.78. The summed E-state index contributed by atoms with van der Waals surface area (Å²) < 4.78 is 0. The van der Waals surface area contributed by atoms with Crippen LogP contribution in [-0.2, 0) is 4.79 Å². The molecule has 0 aromatic carbocycles. The lowest BCUT2D eigenvalue weighted by atomic mass is 10.1. The lowest BCUT2D eigenvalue weighted by molar-refractivity contribution is -0.120. The third kappa shape index (κ3) is 6.05. The number of aliphatic hydroxyl groups is 1. The molecule has 0 aliphatic carbocycles. The van der Waals surface area contributed by atoms with Gasteiger partial charge in [0.15, 0.2) is 0 Å². The van der Waals surface area contributed by atoms with Crippen molar-refractivity contribution in [2.24, 2.45) is 0 Å². The van der Waals surface area contributed by atoms with E-state index in [4.69, 9.17) is 0 Å². The molecule has 2 heteroatoms. The number of rotatable bonds is 6. The third-order valence-corrected chi connectivity index (χ3v) is 1.75. The second kappa shape index (κ2) is 6.35. The smallest absolute Gasteiger partial charge is 0.135 e. The molecule has 0 aromatic heterocycles. The van der Waals surface area contributed by atoms with Gasteiger partial charge in [-0.05, 0) is 6.42 Å². The maximum Gasteiger partial charge on any atom is 0.135 e. The summed E-state index contributed by atoms with van der Waals surface area (Å²) in [5.41, 5.74) is 0. The highest BCUT2D eigenvalue weighted by atomic mass is 16.3. The molecule has 0 heterocycles. The first kappa shape index (κ1) is 10.6. The van der Waals surface area contributed by atoms with Crippen molar-refractivity contribution in [3.05, 3.63) is 0 Å². The van der Waals surface area contributed by atoms with Crippen molar-refractivity contribution in [2.75, 3.05) is 0 Å². The molecular formula is C9H18O2. The molecule has 0 spiro atoms. The fourth-order valence-electron chi connectivity index (χ4n) is 0.949. The zero-order valence-electron chi connectivity index (χ0n) is 7.47. The van der Waals surface area contributed by atoms with Crippen LogP contribution in [0, 0.1) is 0 Å². The largest absolute Gasteiger partial charge is 0.393 e. The monoisotopic (exact) mass is 158 g/mol. The number of carbonyl (C=O) groups excluding carboxylic acids is 1. The molecule has 1 atom stereocenters. The minimum absolute atomic E-state index is 0.161. The fraction of sp³-hybridized carbons (Fsp3) is 0.889. The summed E-state index contributed by atoms with van der Waals surface area (Å²) in [4.78, 5) is 10.8. The van der Waals surface area contributed by atoms with Crippen LogP contribution in [0.15, 0.2) is 0 Å². The minimum Gasteiger partial charge on any atom is -0.393 e. The lowest BCUT2D eigenvalue weighted by Crippen LogP contribution is -2.12. The zero-order valence-corrected chi connectivity index (χ0v) is 7.47. The van der Waals surface area contributed by atoms with Crippen LogP contribution in [-0.4, -0.2) is 17.0 Å². The van der Waals surface area contributed by atoms with Crippen LogP contribution >= 0.6 is 0 Å². The minimum atomic E-state index is -0.401. The first-order valence-corrected chi connectivity index (χ1v) is 4.40. The van der Waals surface area contributed by atoms with Gasteiger partial charge in [-0.2, -0.15) is 0 Å². The van der Waals surface area contributed by atoms with Crippen molar-refractivity contribution in [2.45, 2.75) is 52.1 Å². The molecule has 0 aromatic rings. The van der Waals surface area contributed by atoms with Crippen molar-refractivity contribution in [3.63, 3.8) is 0 Å². The van der Waals surface area contributed by atoms with Gasteiger partial charge in [0.2, 0.25) is 0 Å². The summed E-state index contributed by atoms with van der Waals surface area (Å²) in [5, 5.41) is 9.26. The van der Waals surface area contributed by atoms with Crippen LogP contribution in [0.1, 0.15) is 46.0 Å². The number of unbranched alkanes of at least 4 members (excludes halogenated alkanes) is 1. The van der Waals surface area contributed by atoms with Gasteiger partial charge in [0.1, 0.15) is 5.78 Å². The van der Waals surface area contributed by atoms with Crippen LogP contribution in [0.5, 0.6) is 0 Å². The summed E-state index contributed by atoms with van der Waals surface area (Å²) in [6.07, 6.45) is 3.35. The van der Waals surface area contributed by atoms with Crippen LogP contribution < -0.4 is 0 Å². The Kier molecular flexibility index (Phi) is 6.13. The number of ketones is 1. The third-order valence-electron chi connectivity index (χ3n) is 1.75. The Morgan fingerprint density at radius 1 is 1.45 bits per heavy atom. The van der Waals surface area contributed by atoms with Gasteiger partial charge in [0.05, 0.1) is 6.10 Å². The summed E-state index contributed by atoms with van der Waals surface area (Å²) in [5.74, 6) is 0.161. The van der Waals surface area contributed by atoms with E-state index in [1.807, 2.05) is 6.92 Å². The zero-order chi connectivity index (χ0) is 8.69. The summed E-state index contributed by atoms with van der Waals surface area (Å²) >= 11 is 0. The predicted molar refractivity (Wildman–Crippen MR) is 45.4 cm³/mol. The lowest BCUT2D eigenvalue weighted by Gasteiger charge is -2.06. The molecule has 1 N–H and O–H groups in total. The van der Waals surface area contributed by atoms with E-state index in [0.29, 0.717) is 12.8 Å². The summed E-state index contributed by atoms with van der Waals surface area (Å²) in [6.45, 7) is 3.91. The van der Waals surface area contributed by atoms with Gasteiger partial charge in [-0.25, -0.2) is 0 Å². The number of hydrogen-bond donors (Lipinski definition) is 1. The summed E-state index contributed by atoms with van der Waals surface area (Å²) in [6, 6.07) is 0. The maximum atomic E-state index is 10.8. The number of aliphatic hydroxyl groups excluding tert-OH is 1. The molecule has 0 aliphatic rings. The number of carbonyl (C=O) groups is 1. The molecule has 0 saturated heterocycles. The Hall–Kier alpha value is -0.370. The first-order valence-electron chi connectivity index (χ1n) is 4.40. The highest BCUT2D eigenvalue weighted by Crippen LogP contribution is 2.05. The highest BCUT2D eigenvalue weighted by Gasteiger charge is 2.07. The topological polar surface area (TPSA) is 37.3 Å². The molecule has 0 rings (SSSR count). The van der Waals surface area contributed by atoms with E-state index in [-0.39, 0.29) is 5.78 Å². The second-order valence-corrected chi connectivity index (χ2v) is 2.89. The van der Waals surface area contributed by atoms with Gasteiger partial charge in [-0.1, -0.05) is 26.7 Å². The molecule has 11 heavy (non-hydrogen) atoms. The van der Waals surface area contributed by atoms with Gasteiger partial charge < -0.3 is 5.11 Å². The quantitative estimate of drug-likeness (QED) is 0.641. The molecule has 0 saturated carbocycles. The normalized spacial score (nSPS) is 13.0. The molecule has 0 radical (unpaired) electrons. The van der Waals surface area contributed by atoms with Crippen LogP contribution in [0.3, 0.4) is 0 Å². The fourth-order valence-corrected chi connectivity index (χ4v) is 0.949. The van der Waals surface area contributed by atoms with Crippen LogP contribution in [0.4, 0.5) is 0 Å². The predicted octanol–water partition coefficient (Wildman–Crippen LogP) is 1.91. The van der Waals surface area contributed by atoms with Crippen LogP contribution in [0.2, 0.25) is 0 Å². The maximum absolute atomic E-state index is 10.8. The van der Waals surface area contributed by atoms with Crippen molar-refractivity contribution in [1.29, 1.82) is 0 Å². The number of hydrogen-bond acceptors (Lipinski definition) is 2. The molecule has 0 aliphatic heterocycles. The molecule has 66 valence electrons. The Bertz CT molecular complexity index is 110. The van der Waals surface area contributed by atoms with Crippen LogP contribution in [0.25, 0.3) is 0 Å². The van der Waals surface area contributed by atoms with Crippen molar-refractivity contribution in [1.82, 2.24) is 0 Å². The van der Waals surface area contributed by atoms with E-state index in [2.05, 4.69) is 6.92 Å². The van der Waals surface area contributed by atoms with Gasteiger partial charge in [-0.15, -0.1) is 0 Å². The average molecular weight is 158 g/mol. The SMILES string of the molecule is CCCC[C@@H](O)CC(=O)CC. The first-order chi connectivity index (χ1) is 5.20. The van der Waals surface area contributed by atoms with E-state index in [1.165, 1.54) is 0 Å². The van der Waals surface area contributed by atoms with E-state index in [1.54, 1.807) is 0 Å². The van der Waals surface area contributed by atoms with E-state index in [9.17, 15) is 9.90 Å². The molecule has 0 unspecified atom stereocenters. The van der Waals surface area contributed by atoms with Gasteiger partial charge >= 0.3 is 0 Å². The molecule has 0 fully saturated rings. The van der Waals surface area contributed by atoms with Gasteiger partial charge in [-0.3, -0.25) is 4.79 Å². The van der Waals surface area contributed by atoms with E-state index >= 15 is 0 Å². The Morgan fingerprint density at radius 3 is 2.55 bits per heavy atom. The summed E-state index contributed by atoms with van der Waals surface area (Å²) in [7, 11) is 0. The molecular weight excluding hydrogens is 140 g/mol. The molecule has 2 nitrogen and oxygen atoms in total. The van der Waals surface area contributed by atoms with Crippen molar-refractivity contribution < 1.29 is 9.90 Å². The standard InChI is InChI=1S/C9H18O2/c1-3-5-6-9(11)7-8(10)4-2/h9,11H,3-7H2,1-2H3/t9-/m1/s1. The Balaban J connectivity index is 3.35. The van der Waals surface area contributed by atoms with Crippen molar-refractivity contribution >= 4 is 5.78 Å². The van der Waals surface area contributed by atoms with Gasteiger partial charge in [0, 0.05) is 12.8 Å². The molecule has 0 amide bonds. The Morgan fingerprint density at radius 2 is 2.09 bits per heavy atom. The van der Waals surface area contributed by atoms with E-state index in [0.717, 1.165) is 19.3 Å². The molecule has 0 bridgehead atoms. The average Bonchev–Trinajstić information content (AvgIpc) is 2.00. The number of Topliss-reactive ketones (excluding diaryl/α,β-unsaturated/α-hetero) is 1. The van der Waals surface area contributed by atoms with Crippen molar-refractivity contribution in [3.8, 4) is 0 Å².